The molecule has 0 saturated heterocycles. The van der Waals surface area contributed by atoms with Gasteiger partial charge in [0.2, 0.25) is 0 Å². The standard InChI is InChI=1S/C16H17Cl2NO3/c1-8(2)21-16(20)22-19-12-5-3-4-9-10-6-7-11(13(9)12)14(10)15(17)18/h10-11H,1,3-7H2,2H3/b19-12+. The number of nitrogens with zero attached hydrogens (tertiary/aromatic N) is 1. The average molecular weight is 342 g/mol. The molecule has 6 heteroatoms. The van der Waals surface area contributed by atoms with Gasteiger partial charge in [0.1, 0.15) is 10.3 Å². The summed E-state index contributed by atoms with van der Waals surface area (Å²) in [6.45, 7) is 5.06. The molecule has 3 aliphatic carbocycles. The number of oxime groups is 1. The molecule has 2 atom stereocenters. The van der Waals surface area contributed by atoms with Crippen LogP contribution in [0.1, 0.15) is 39.0 Å². The third-order valence-corrected chi connectivity index (χ3v) is 4.92. The lowest BCUT2D eigenvalue weighted by molar-refractivity contribution is 0.0802. The van der Waals surface area contributed by atoms with Crippen LogP contribution in [0.3, 0.4) is 0 Å². The van der Waals surface area contributed by atoms with Crippen molar-refractivity contribution in [3.8, 4) is 0 Å². The lowest BCUT2D eigenvalue weighted by Crippen LogP contribution is -2.18. The molecule has 2 bridgehead atoms. The largest absolute Gasteiger partial charge is 0.540 e. The smallest absolute Gasteiger partial charge is 0.399 e. The van der Waals surface area contributed by atoms with Crippen LogP contribution in [-0.2, 0) is 9.57 Å². The predicted molar refractivity (Wildman–Crippen MR) is 85.6 cm³/mol. The van der Waals surface area contributed by atoms with Gasteiger partial charge in [-0.25, -0.2) is 4.79 Å². The van der Waals surface area contributed by atoms with Crippen molar-refractivity contribution in [2.75, 3.05) is 0 Å². The lowest BCUT2D eigenvalue weighted by atomic mass is 9.81. The van der Waals surface area contributed by atoms with Gasteiger partial charge in [-0.15, -0.1) is 0 Å². The minimum atomic E-state index is -0.859. The predicted octanol–water partition coefficient (Wildman–Crippen LogP) is 5.24. The highest BCUT2D eigenvalue weighted by Crippen LogP contribution is 2.57. The van der Waals surface area contributed by atoms with Crippen molar-refractivity contribution in [1.82, 2.24) is 0 Å². The second kappa shape index (κ2) is 6.09. The number of fused-ring (bicyclic) bond motifs is 4. The second-order valence-electron chi connectivity index (χ2n) is 5.87. The summed E-state index contributed by atoms with van der Waals surface area (Å²) in [5, 5.41) is 4.03. The molecule has 0 radical (unpaired) electrons. The summed E-state index contributed by atoms with van der Waals surface area (Å²) in [5.74, 6) is 0.843. The van der Waals surface area contributed by atoms with Crippen molar-refractivity contribution in [2.45, 2.75) is 39.0 Å². The Bertz CT molecular complexity index is 629. The quantitative estimate of drug-likeness (QED) is 0.298. The van der Waals surface area contributed by atoms with Gasteiger partial charge in [-0.2, -0.15) is 0 Å². The molecule has 1 fully saturated rings. The van der Waals surface area contributed by atoms with Gasteiger partial charge in [-0.1, -0.05) is 40.5 Å². The summed E-state index contributed by atoms with van der Waals surface area (Å²) in [5.41, 5.74) is 4.48. The zero-order chi connectivity index (χ0) is 15.9. The van der Waals surface area contributed by atoms with E-state index in [-0.39, 0.29) is 11.7 Å². The van der Waals surface area contributed by atoms with Crippen LogP contribution in [0.25, 0.3) is 0 Å². The topological polar surface area (TPSA) is 47.9 Å². The Morgan fingerprint density at radius 3 is 2.68 bits per heavy atom. The van der Waals surface area contributed by atoms with Gasteiger partial charge in [0, 0.05) is 11.8 Å². The molecule has 0 N–H and O–H groups in total. The van der Waals surface area contributed by atoms with Crippen LogP contribution in [-0.4, -0.2) is 11.9 Å². The van der Waals surface area contributed by atoms with E-state index in [9.17, 15) is 4.79 Å². The monoisotopic (exact) mass is 341 g/mol. The van der Waals surface area contributed by atoms with E-state index in [1.165, 1.54) is 11.1 Å². The first-order chi connectivity index (χ1) is 10.5. The molecule has 0 aromatic carbocycles. The Balaban J connectivity index is 1.84. The number of hydrogen-bond donors (Lipinski definition) is 0. The van der Waals surface area contributed by atoms with Crippen LogP contribution < -0.4 is 0 Å². The summed E-state index contributed by atoms with van der Waals surface area (Å²) in [6, 6.07) is 0. The number of allylic oxidation sites excluding steroid dienone is 4. The van der Waals surface area contributed by atoms with Crippen molar-refractivity contribution >= 4 is 35.1 Å². The number of hydrogen-bond acceptors (Lipinski definition) is 4. The average Bonchev–Trinajstić information content (AvgIpc) is 3.01. The first-order valence-corrected chi connectivity index (χ1v) is 8.14. The third-order valence-electron chi connectivity index (χ3n) is 4.49. The molecule has 0 amide bonds. The van der Waals surface area contributed by atoms with Crippen LogP contribution in [0.2, 0.25) is 0 Å². The minimum Gasteiger partial charge on any atom is -0.399 e. The van der Waals surface area contributed by atoms with E-state index < -0.39 is 6.16 Å². The van der Waals surface area contributed by atoms with Gasteiger partial charge in [-0.3, -0.25) is 4.84 Å². The molecule has 0 aromatic heterocycles. The third kappa shape index (κ3) is 2.70. The van der Waals surface area contributed by atoms with E-state index in [2.05, 4.69) is 11.7 Å². The molecular formula is C16H17Cl2NO3. The van der Waals surface area contributed by atoms with E-state index in [0.29, 0.717) is 10.4 Å². The van der Waals surface area contributed by atoms with Crippen LogP contribution in [0, 0.1) is 11.8 Å². The van der Waals surface area contributed by atoms with Crippen LogP contribution in [0.5, 0.6) is 0 Å². The molecule has 2 unspecified atom stereocenters. The molecule has 0 aromatic rings. The molecule has 0 spiro atoms. The fourth-order valence-corrected chi connectivity index (χ4v) is 4.38. The normalized spacial score (nSPS) is 28.0. The molecule has 4 nitrogen and oxygen atoms in total. The van der Waals surface area contributed by atoms with Crippen molar-refractivity contribution < 1.29 is 14.4 Å². The Hall–Kier alpha value is -1.26. The van der Waals surface area contributed by atoms with Gasteiger partial charge in [0.05, 0.1) is 5.71 Å². The van der Waals surface area contributed by atoms with Crippen LogP contribution in [0.4, 0.5) is 4.79 Å². The Kier molecular flexibility index (Phi) is 4.33. The Labute approximate surface area is 139 Å². The minimum absolute atomic E-state index is 0.227. The molecule has 1 saturated carbocycles. The zero-order valence-electron chi connectivity index (χ0n) is 12.3. The highest BCUT2D eigenvalue weighted by atomic mass is 35.5. The molecule has 0 aliphatic heterocycles. The summed E-state index contributed by atoms with van der Waals surface area (Å²) in [6.07, 6.45) is 4.07. The molecule has 0 heterocycles. The highest BCUT2D eigenvalue weighted by molar-refractivity contribution is 6.56. The summed E-state index contributed by atoms with van der Waals surface area (Å²) in [4.78, 5) is 16.3. The van der Waals surface area contributed by atoms with E-state index in [4.69, 9.17) is 32.8 Å². The molecular weight excluding hydrogens is 325 g/mol. The van der Waals surface area contributed by atoms with Crippen LogP contribution >= 0.6 is 23.2 Å². The van der Waals surface area contributed by atoms with E-state index >= 15 is 0 Å². The van der Waals surface area contributed by atoms with Crippen molar-refractivity contribution in [1.29, 1.82) is 0 Å². The van der Waals surface area contributed by atoms with Gasteiger partial charge in [0.25, 0.3) is 0 Å². The fourth-order valence-electron chi connectivity index (χ4n) is 3.85. The molecule has 118 valence electrons. The maximum absolute atomic E-state index is 11.4. The first-order valence-electron chi connectivity index (χ1n) is 7.38. The first kappa shape index (κ1) is 15.6. The Morgan fingerprint density at radius 2 is 2.00 bits per heavy atom. The van der Waals surface area contributed by atoms with Crippen molar-refractivity contribution in [3.05, 3.63) is 33.5 Å². The molecule has 3 aliphatic rings. The highest BCUT2D eigenvalue weighted by Gasteiger charge is 2.47. The van der Waals surface area contributed by atoms with E-state index in [1.54, 1.807) is 6.92 Å². The summed E-state index contributed by atoms with van der Waals surface area (Å²) >= 11 is 12.1. The van der Waals surface area contributed by atoms with Crippen molar-refractivity contribution in [2.24, 2.45) is 17.0 Å². The van der Waals surface area contributed by atoms with E-state index in [1.807, 2.05) is 0 Å². The maximum Gasteiger partial charge on any atom is 0.540 e. The number of carbonyl (C=O) groups is 1. The van der Waals surface area contributed by atoms with Gasteiger partial charge < -0.3 is 4.74 Å². The van der Waals surface area contributed by atoms with Crippen LogP contribution in [0.15, 0.2) is 38.7 Å². The van der Waals surface area contributed by atoms with Gasteiger partial charge in [-0.05, 0) is 50.2 Å². The number of rotatable bonds is 2. The Morgan fingerprint density at radius 1 is 1.27 bits per heavy atom. The molecule has 22 heavy (non-hydrogen) atoms. The number of ether oxygens (including phenoxy) is 1. The summed E-state index contributed by atoms with van der Waals surface area (Å²) in [7, 11) is 0. The SMILES string of the molecule is C=C(C)OC(=O)O/N=C1\CCCC2=C1C1CCC2C1=C(Cl)Cl. The van der Waals surface area contributed by atoms with Crippen molar-refractivity contribution in [3.63, 3.8) is 0 Å². The van der Waals surface area contributed by atoms with Gasteiger partial charge in [0.15, 0.2) is 0 Å². The maximum atomic E-state index is 11.4. The number of carbonyl (C=O) groups excluding carboxylic acids is 1. The zero-order valence-corrected chi connectivity index (χ0v) is 13.8. The fraction of sp³-hybridized carbons (Fsp3) is 0.500. The van der Waals surface area contributed by atoms with Gasteiger partial charge >= 0.3 is 6.16 Å². The van der Waals surface area contributed by atoms with E-state index in [0.717, 1.165) is 43.4 Å². The number of halogens is 2. The summed E-state index contributed by atoms with van der Waals surface area (Å²) < 4.78 is 5.12. The lowest BCUT2D eigenvalue weighted by Gasteiger charge is -2.24. The molecule has 3 rings (SSSR count). The second-order valence-corrected chi connectivity index (χ2v) is 6.82.